The topological polar surface area (TPSA) is 105 Å². The van der Waals surface area contributed by atoms with Gasteiger partial charge in [-0.25, -0.2) is 14.4 Å². The van der Waals surface area contributed by atoms with E-state index in [2.05, 4.69) is 25.9 Å². The molecule has 1 aliphatic rings. The zero-order chi connectivity index (χ0) is 23.2. The van der Waals surface area contributed by atoms with Crippen LogP contribution in [0.15, 0.2) is 54.9 Å². The quantitative estimate of drug-likeness (QED) is 0.505. The first-order valence-corrected chi connectivity index (χ1v) is 10.7. The summed E-state index contributed by atoms with van der Waals surface area (Å²) in [5, 5.41) is 8.95. The maximum absolute atomic E-state index is 13.9. The Balaban J connectivity index is 1.53. The Bertz CT molecular complexity index is 1150. The van der Waals surface area contributed by atoms with Crippen LogP contribution in [0.25, 0.3) is 0 Å². The van der Waals surface area contributed by atoms with Crippen LogP contribution in [0, 0.1) is 5.82 Å². The number of aromatic nitrogens is 2. The molecule has 1 fully saturated rings. The van der Waals surface area contributed by atoms with Gasteiger partial charge in [-0.15, -0.1) is 0 Å². The highest BCUT2D eigenvalue weighted by molar-refractivity contribution is 6.30. The molecule has 2 amide bonds. The molecule has 2 aromatic heterocycles. The highest BCUT2D eigenvalue weighted by Crippen LogP contribution is 2.25. The summed E-state index contributed by atoms with van der Waals surface area (Å²) in [6, 6.07) is 10.0. The van der Waals surface area contributed by atoms with Gasteiger partial charge >= 0.3 is 0 Å². The van der Waals surface area contributed by atoms with Crippen LogP contribution in [0.3, 0.4) is 0 Å². The third-order valence-corrected chi connectivity index (χ3v) is 5.23. The van der Waals surface area contributed by atoms with E-state index in [4.69, 9.17) is 16.3 Å². The average molecular weight is 470 g/mol. The first-order valence-electron chi connectivity index (χ1n) is 10.4. The van der Waals surface area contributed by atoms with E-state index in [1.165, 1.54) is 30.6 Å². The van der Waals surface area contributed by atoms with Crippen molar-refractivity contribution in [3.63, 3.8) is 0 Å². The molecule has 1 aliphatic heterocycles. The molecule has 170 valence electrons. The molecule has 0 saturated carbocycles. The number of rotatable bonds is 6. The van der Waals surface area contributed by atoms with Gasteiger partial charge in [-0.2, -0.15) is 0 Å². The van der Waals surface area contributed by atoms with Gasteiger partial charge in [0.2, 0.25) is 0 Å². The van der Waals surface area contributed by atoms with Crippen LogP contribution in [-0.2, 0) is 0 Å². The van der Waals surface area contributed by atoms with Crippen LogP contribution in [0.5, 0.6) is 5.75 Å². The lowest BCUT2D eigenvalue weighted by molar-refractivity contribution is 0.101. The predicted octanol–water partition coefficient (Wildman–Crippen LogP) is 3.90. The fourth-order valence-corrected chi connectivity index (χ4v) is 3.49. The summed E-state index contributed by atoms with van der Waals surface area (Å²) < 4.78 is 19.8. The second-order valence-electron chi connectivity index (χ2n) is 7.38. The molecule has 0 unspecified atom stereocenters. The molecule has 3 N–H and O–H groups in total. The number of halogens is 2. The predicted molar refractivity (Wildman–Crippen MR) is 122 cm³/mol. The molecule has 3 heterocycles. The largest absolute Gasteiger partial charge is 0.489 e. The van der Waals surface area contributed by atoms with Crippen molar-refractivity contribution in [1.29, 1.82) is 0 Å². The molecule has 0 aliphatic carbocycles. The summed E-state index contributed by atoms with van der Waals surface area (Å²) in [4.78, 5) is 33.9. The van der Waals surface area contributed by atoms with Gasteiger partial charge in [0.05, 0.1) is 16.3 Å². The lowest BCUT2D eigenvalue weighted by Gasteiger charge is -2.25. The van der Waals surface area contributed by atoms with Crippen LogP contribution in [0.1, 0.15) is 33.7 Å². The summed E-state index contributed by atoms with van der Waals surface area (Å²) in [5.74, 6) is -1.19. The number of anilines is 2. The third kappa shape index (κ3) is 5.82. The molecule has 0 radical (unpaired) electrons. The van der Waals surface area contributed by atoms with E-state index >= 15 is 0 Å². The number of pyridine rings is 2. The number of hydrogen-bond acceptors (Lipinski definition) is 6. The SMILES string of the molecule is O=C(Nc1cccnc1C(=O)Nc1ccc(Cl)cn1)c1ccc(F)cc1OC1CCNCC1. The minimum Gasteiger partial charge on any atom is -0.489 e. The number of piperidine rings is 1. The van der Waals surface area contributed by atoms with Crippen molar-refractivity contribution < 1.29 is 18.7 Å². The van der Waals surface area contributed by atoms with E-state index in [1.54, 1.807) is 24.3 Å². The summed E-state index contributed by atoms with van der Waals surface area (Å²) >= 11 is 5.82. The summed E-state index contributed by atoms with van der Waals surface area (Å²) in [6.07, 6.45) is 4.22. The molecule has 33 heavy (non-hydrogen) atoms. The van der Waals surface area contributed by atoms with Crippen LogP contribution < -0.4 is 20.7 Å². The van der Waals surface area contributed by atoms with Crippen LogP contribution in [-0.4, -0.2) is 41.0 Å². The molecule has 0 spiro atoms. The number of hydrogen-bond donors (Lipinski definition) is 3. The van der Waals surface area contributed by atoms with Crippen LogP contribution in [0.2, 0.25) is 5.02 Å². The van der Waals surface area contributed by atoms with Crippen LogP contribution in [0.4, 0.5) is 15.9 Å². The van der Waals surface area contributed by atoms with Crippen molar-refractivity contribution in [2.45, 2.75) is 18.9 Å². The number of amides is 2. The van der Waals surface area contributed by atoms with Crippen molar-refractivity contribution >= 4 is 34.9 Å². The smallest absolute Gasteiger partial charge is 0.277 e. The number of ether oxygens (including phenoxy) is 1. The van der Waals surface area contributed by atoms with Gasteiger partial charge in [-0.05, 0) is 62.3 Å². The summed E-state index contributed by atoms with van der Waals surface area (Å²) in [7, 11) is 0. The highest BCUT2D eigenvalue weighted by atomic mass is 35.5. The van der Waals surface area contributed by atoms with E-state index in [1.807, 2.05) is 0 Å². The number of benzene rings is 1. The average Bonchev–Trinajstić information content (AvgIpc) is 2.81. The molecule has 8 nitrogen and oxygen atoms in total. The molecule has 1 aromatic carbocycles. The second-order valence-corrected chi connectivity index (χ2v) is 7.81. The minimum atomic E-state index is -0.564. The van der Waals surface area contributed by atoms with Crippen molar-refractivity contribution in [1.82, 2.24) is 15.3 Å². The van der Waals surface area contributed by atoms with Crippen LogP contribution >= 0.6 is 11.6 Å². The van der Waals surface area contributed by atoms with E-state index in [9.17, 15) is 14.0 Å². The third-order valence-electron chi connectivity index (χ3n) is 5.01. The fourth-order valence-electron chi connectivity index (χ4n) is 3.38. The Kier molecular flexibility index (Phi) is 7.11. The first kappa shape index (κ1) is 22.6. The van der Waals surface area contributed by atoms with Gasteiger partial charge in [0, 0.05) is 18.5 Å². The Morgan fingerprint density at radius 3 is 2.64 bits per heavy atom. The molecular weight excluding hydrogens is 449 g/mol. The van der Waals surface area contributed by atoms with E-state index in [0.717, 1.165) is 25.9 Å². The maximum atomic E-state index is 13.9. The Morgan fingerprint density at radius 1 is 1.06 bits per heavy atom. The van der Waals surface area contributed by atoms with Crippen molar-refractivity contribution in [2.24, 2.45) is 0 Å². The fraction of sp³-hybridized carbons (Fsp3) is 0.217. The number of nitrogens with one attached hydrogen (secondary N) is 3. The first-order chi connectivity index (χ1) is 16.0. The van der Waals surface area contributed by atoms with E-state index in [0.29, 0.717) is 5.02 Å². The molecular formula is C23H21ClFN5O3. The zero-order valence-electron chi connectivity index (χ0n) is 17.5. The summed E-state index contributed by atoms with van der Waals surface area (Å²) in [5.41, 5.74) is 0.334. The van der Waals surface area contributed by atoms with Gasteiger partial charge in [0.15, 0.2) is 5.69 Å². The molecule has 1 saturated heterocycles. The van der Waals surface area contributed by atoms with Gasteiger partial charge in [0.25, 0.3) is 11.8 Å². The normalized spacial score (nSPS) is 13.9. The standard InChI is InChI=1S/C23H21ClFN5O3/c24-14-3-6-20(28-13-14)30-23(32)21-18(2-1-9-27-21)29-22(31)17-5-4-15(25)12-19(17)33-16-7-10-26-11-8-16/h1-6,9,12-13,16,26H,7-8,10-11H2,(H,29,31)(H,28,30,32). The van der Waals surface area contributed by atoms with Crippen molar-refractivity contribution in [3.8, 4) is 5.75 Å². The molecule has 0 atom stereocenters. The van der Waals surface area contributed by atoms with Gasteiger partial charge in [-0.3, -0.25) is 9.59 Å². The van der Waals surface area contributed by atoms with E-state index < -0.39 is 17.6 Å². The number of nitrogens with zero attached hydrogens (tertiary/aromatic N) is 2. The molecule has 10 heteroatoms. The van der Waals surface area contributed by atoms with E-state index in [-0.39, 0.29) is 34.6 Å². The minimum absolute atomic E-state index is 0.00876. The Hall–Kier alpha value is -3.56. The van der Waals surface area contributed by atoms with Gasteiger partial charge in [0.1, 0.15) is 23.5 Å². The second kappa shape index (κ2) is 10.4. The lowest BCUT2D eigenvalue weighted by Crippen LogP contribution is -2.34. The van der Waals surface area contributed by atoms with Crippen molar-refractivity contribution in [2.75, 3.05) is 23.7 Å². The summed E-state index contributed by atoms with van der Waals surface area (Å²) in [6.45, 7) is 1.58. The highest BCUT2D eigenvalue weighted by Gasteiger charge is 2.22. The Morgan fingerprint density at radius 2 is 1.88 bits per heavy atom. The maximum Gasteiger partial charge on any atom is 0.277 e. The lowest BCUT2D eigenvalue weighted by atomic mass is 10.1. The van der Waals surface area contributed by atoms with Gasteiger partial charge in [-0.1, -0.05) is 11.6 Å². The van der Waals surface area contributed by atoms with Crippen molar-refractivity contribution in [3.05, 3.63) is 77.0 Å². The monoisotopic (exact) mass is 469 g/mol. The Labute approximate surface area is 194 Å². The molecule has 3 aromatic rings. The number of carbonyl (C=O) groups is 2. The number of carbonyl (C=O) groups excluding carboxylic acids is 2. The zero-order valence-corrected chi connectivity index (χ0v) is 18.2. The van der Waals surface area contributed by atoms with Gasteiger partial charge < -0.3 is 20.7 Å². The molecule has 4 rings (SSSR count). The molecule has 0 bridgehead atoms.